The first-order chi connectivity index (χ1) is 17.0. The molecule has 1 aromatic carbocycles. The van der Waals surface area contributed by atoms with E-state index in [0.717, 1.165) is 25.7 Å². The van der Waals surface area contributed by atoms with Crippen molar-refractivity contribution < 1.29 is 41.7 Å². The predicted octanol–water partition coefficient (Wildman–Crippen LogP) is 4.28. The van der Waals surface area contributed by atoms with E-state index < -0.39 is 12.3 Å². The summed E-state index contributed by atoms with van der Waals surface area (Å²) in [4.78, 5) is 23.2. The molecule has 0 saturated heterocycles. The number of alkyl halides is 3. The first-order valence-corrected chi connectivity index (χ1v) is 11.8. The van der Waals surface area contributed by atoms with Gasteiger partial charge < -0.3 is 30.1 Å². The number of carbonyl (C=O) groups is 2. The van der Waals surface area contributed by atoms with Crippen LogP contribution in [0.3, 0.4) is 0 Å². The first kappa shape index (κ1) is 32.8. The average Bonchev–Trinajstić information content (AvgIpc) is 2.84. The van der Waals surface area contributed by atoms with E-state index in [4.69, 9.17) is 25.8 Å². The third-order valence-electron chi connectivity index (χ3n) is 4.45. The highest BCUT2D eigenvalue weighted by Crippen LogP contribution is 2.22. The average molecular weight is 522 g/mol. The molecule has 9 nitrogen and oxygen atoms in total. The standard InChI is InChI=1S/C15H27N3O5.C7H5F3O.C2H6/c1-10(2)14(19)21-8-9-22-15(20)12(18-17)13(16)23-11-6-4-3-5-7-11;8-7(9,10)11-6-4-2-1-3-5-6;1-2/h10-11,18H,3-9,16-17H2,1-2H3;1-5H;1-2H3/b13-12+;;. The predicted molar refractivity (Wildman–Crippen MR) is 128 cm³/mol. The summed E-state index contributed by atoms with van der Waals surface area (Å²) in [5.41, 5.74) is 7.85. The number of hydrogen-bond acceptors (Lipinski definition) is 9. The minimum atomic E-state index is -4.60. The number of esters is 2. The lowest BCUT2D eigenvalue weighted by atomic mass is 9.98. The summed E-state index contributed by atoms with van der Waals surface area (Å²) in [6, 6.07) is 7.05. The van der Waals surface area contributed by atoms with E-state index >= 15 is 0 Å². The van der Waals surface area contributed by atoms with Crippen LogP contribution in [0.15, 0.2) is 41.9 Å². The molecule has 0 aliphatic heterocycles. The maximum absolute atomic E-state index is 11.9. The van der Waals surface area contributed by atoms with Gasteiger partial charge in [-0.2, -0.15) is 0 Å². The molecule has 0 atom stereocenters. The van der Waals surface area contributed by atoms with Gasteiger partial charge in [0, 0.05) is 0 Å². The molecule has 0 amide bonds. The summed E-state index contributed by atoms with van der Waals surface area (Å²) in [5, 5.41) is 0. The maximum Gasteiger partial charge on any atom is 0.573 e. The molecular formula is C24H38F3N3O6. The molecule has 2 rings (SSSR count). The SMILES string of the molecule is CC.CC(C)C(=O)OCCOC(=O)/C(NN)=C(/N)OC1CCCCC1.FC(F)(F)Oc1ccccc1. The van der Waals surface area contributed by atoms with Gasteiger partial charge in [0.2, 0.25) is 5.88 Å². The van der Waals surface area contributed by atoms with E-state index in [-0.39, 0.29) is 48.5 Å². The van der Waals surface area contributed by atoms with E-state index in [9.17, 15) is 22.8 Å². The largest absolute Gasteiger partial charge is 0.573 e. The van der Waals surface area contributed by atoms with Crippen molar-refractivity contribution in [1.82, 2.24) is 5.43 Å². The van der Waals surface area contributed by atoms with Crippen molar-refractivity contribution in [3.63, 3.8) is 0 Å². The fraction of sp³-hybridized carbons (Fsp3) is 0.583. The van der Waals surface area contributed by atoms with Crippen LogP contribution in [0.5, 0.6) is 5.75 Å². The second-order valence-electron chi connectivity index (χ2n) is 7.58. The third-order valence-corrected chi connectivity index (χ3v) is 4.45. The molecule has 12 heteroatoms. The minimum absolute atomic E-state index is 0.00750. The maximum atomic E-state index is 11.9. The molecule has 36 heavy (non-hydrogen) atoms. The smallest absolute Gasteiger partial charge is 0.474 e. The molecule has 0 bridgehead atoms. The van der Waals surface area contributed by atoms with E-state index in [1.165, 1.54) is 30.7 Å². The Morgan fingerprint density at radius 2 is 1.58 bits per heavy atom. The van der Waals surface area contributed by atoms with Gasteiger partial charge in [-0.3, -0.25) is 10.6 Å². The Morgan fingerprint density at radius 1 is 1.03 bits per heavy atom. The van der Waals surface area contributed by atoms with E-state index in [1.54, 1.807) is 19.9 Å². The van der Waals surface area contributed by atoms with E-state index in [2.05, 4.69) is 10.2 Å². The number of hydrazine groups is 1. The van der Waals surface area contributed by atoms with Gasteiger partial charge in [0.15, 0.2) is 5.70 Å². The topological polar surface area (TPSA) is 135 Å². The second kappa shape index (κ2) is 18.2. The fourth-order valence-corrected chi connectivity index (χ4v) is 2.79. The first-order valence-electron chi connectivity index (χ1n) is 11.8. The molecular weight excluding hydrogens is 483 g/mol. The van der Waals surface area contributed by atoms with Crippen molar-refractivity contribution in [2.24, 2.45) is 17.5 Å². The Morgan fingerprint density at radius 3 is 2.08 bits per heavy atom. The Bertz CT molecular complexity index is 783. The van der Waals surface area contributed by atoms with Crippen LogP contribution in [0.4, 0.5) is 13.2 Å². The summed E-state index contributed by atoms with van der Waals surface area (Å²) in [6.45, 7) is 7.33. The number of ether oxygens (including phenoxy) is 4. The molecule has 1 fully saturated rings. The number of nitrogens with two attached hydrogens (primary N) is 2. The number of halogens is 3. The quantitative estimate of drug-likeness (QED) is 0.109. The molecule has 0 unspecified atom stereocenters. The Kier molecular flexibility index (Phi) is 16.6. The van der Waals surface area contributed by atoms with Crippen LogP contribution >= 0.6 is 0 Å². The van der Waals surface area contributed by atoms with E-state index in [0.29, 0.717) is 0 Å². The van der Waals surface area contributed by atoms with Gasteiger partial charge in [0.05, 0.1) is 5.92 Å². The fourth-order valence-electron chi connectivity index (χ4n) is 2.79. The summed E-state index contributed by atoms with van der Waals surface area (Å²) >= 11 is 0. The van der Waals surface area contributed by atoms with Gasteiger partial charge >= 0.3 is 18.3 Å². The zero-order valence-corrected chi connectivity index (χ0v) is 21.2. The summed E-state index contributed by atoms with van der Waals surface area (Å²) in [6.07, 6.45) is 0.540. The van der Waals surface area contributed by atoms with Crippen LogP contribution in [-0.4, -0.2) is 37.6 Å². The van der Waals surface area contributed by atoms with Crippen molar-refractivity contribution in [3.05, 3.63) is 41.9 Å². The van der Waals surface area contributed by atoms with Crippen molar-refractivity contribution in [3.8, 4) is 5.75 Å². The number of nitrogens with one attached hydrogen (secondary N) is 1. The number of rotatable bonds is 9. The monoisotopic (exact) mass is 521 g/mol. The minimum Gasteiger partial charge on any atom is -0.474 e. The van der Waals surface area contributed by atoms with Crippen molar-refractivity contribution in [1.29, 1.82) is 0 Å². The van der Waals surface area contributed by atoms with Crippen LogP contribution in [-0.2, 0) is 23.8 Å². The van der Waals surface area contributed by atoms with Crippen LogP contribution in [0.25, 0.3) is 0 Å². The lowest BCUT2D eigenvalue weighted by molar-refractivity contribution is -0.274. The summed E-state index contributed by atoms with van der Waals surface area (Å²) in [7, 11) is 0. The van der Waals surface area contributed by atoms with E-state index in [1.807, 2.05) is 13.8 Å². The molecule has 1 aliphatic rings. The molecule has 1 saturated carbocycles. The molecule has 0 heterocycles. The highest BCUT2D eigenvalue weighted by molar-refractivity contribution is 5.88. The Hall–Kier alpha value is -3.15. The molecule has 5 N–H and O–H groups in total. The molecule has 1 aliphatic carbocycles. The molecule has 1 aromatic rings. The lowest BCUT2D eigenvalue weighted by Crippen LogP contribution is -2.34. The number of hydrogen-bond donors (Lipinski definition) is 3. The van der Waals surface area contributed by atoms with Crippen LogP contribution in [0.1, 0.15) is 59.8 Å². The second-order valence-corrected chi connectivity index (χ2v) is 7.58. The zero-order valence-electron chi connectivity index (χ0n) is 21.2. The molecule has 0 aromatic heterocycles. The van der Waals surface area contributed by atoms with Crippen LogP contribution in [0, 0.1) is 5.92 Å². The van der Waals surface area contributed by atoms with Gasteiger partial charge in [0.25, 0.3) is 0 Å². The number of para-hydroxylation sites is 1. The summed E-state index contributed by atoms with van der Waals surface area (Å²) in [5.74, 6) is 3.71. The van der Waals surface area contributed by atoms with Crippen molar-refractivity contribution in [2.45, 2.75) is 72.3 Å². The molecule has 0 spiro atoms. The normalized spacial score (nSPS) is 14.1. The molecule has 206 valence electrons. The van der Waals surface area contributed by atoms with Crippen LogP contribution < -0.4 is 21.7 Å². The highest BCUT2D eigenvalue weighted by Gasteiger charge is 2.30. The highest BCUT2D eigenvalue weighted by atomic mass is 19.4. The zero-order chi connectivity index (χ0) is 27.6. The van der Waals surface area contributed by atoms with Gasteiger partial charge in [0.1, 0.15) is 25.1 Å². The van der Waals surface area contributed by atoms with Gasteiger partial charge in [-0.15, -0.1) is 13.2 Å². The third kappa shape index (κ3) is 15.0. The van der Waals surface area contributed by atoms with Gasteiger partial charge in [-0.1, -0.05) is 52.3 Å². The lowest BCUT2D eigenvalue weighted by Gasteiger charge is -2.23. The number of benzene rings is 1. The Labute approximate surface area is 210 Å². The van der Waals surface area contributed by atoms with Crippen molar-refractivity contribution >= 4 is 11.9 Å². The number of carbonyl (C=O) groups excluding carboxylic acids is 2. The van der Waals surface area contributed by atoms with Gasteiger partial charge in [-0.25, -0.2) is 4.79 Å². The summed E-state index contributed by atoms with van der Waals surface area (Å²) < 4.78 is 53.6. The van der Waals surface area contributed by atoms with Gasteiger partial charge in [-0.05, 0) is 37.8 Å². The molecule has 0 radical (unpaired) electrons. The van der Waals surface area contributed by atoms with Crippen LogP contribution in [0.2, 0.25) is 0 Å². The Balaban J connectivity index is 0.000000784. The van der Waals surface area contributed by atoms with Crippen molar-refractivity contribution in [2.75, 3.05) is 13.2 Å².